The summed E-state index contributed by atoms with van der Waals surface area (Å²) in [4.78, 5) is 4.89. The van der Waals surface area contributed by atoms with Gasteiger partial charge >= 0.3 is 0 Å². The quantitative estimate of drug-likeness (QED) is 0.373. The van der Waals surface area contributed by atoms with Crippen LogP contribution in [0.5, 0.6) is 0 Å². The van der Waals surface area contributed by atoms with Crippen LogP contribution in [0.4, 0.5) is 0 Å². The second kappa shape index (κ2) is 5.45. The second-order valence-corrected chi connectivity index (χ2v) is 7.35. The molecule has 0 spiro atoms. The molecule has 3 aromatic carbocycles. The van der Waals surface area contributed by atoms with Crippen LogP contribution in [0.2, 0.25) is 0 Å². The normalized spacial score (nSPS) is 12.0. The fraction of sp³-hybridized carbons (Fsp3) is 0.174. The highest BCUT2D eigenvalue weighted by Crippen LogP contribution is 2.36. The Morgan fingerprint density at radius 3 is 2.08 bits per heavy atom. The van der Waals surface area contributed by atoms with E-state index >= 15 is 0 Å². The van der Waals surface area contributed by atoms with Crippen LogP contribution in [0.3, 0.4) is 0 Å². The third-order valence-corrected chi connectivity index (χ3v) is 4.61. The SMILES string of the molecule is CC(C)(C)c1ccc2nc3ccccc3c(-c3ccccc3)c2c1. The molecule has 0 aliphatic carbocycles. The topological polar surface area (TPSA) is 12.9 Å². The zero-order valence-electron chi connectivity index (χ0n) is 14.4. The first-order chi connectivity index (χ1) is 11.5. The van der Waals surface area contributed by atoms with Gasteiger partial charge in [-0.3, -0.25) is 0 Å². The van der Waals surface area contributed by atoms with E-state index in [-0.39, 0.29) is 5.41 Å². The Hall–Kier alpha value is -2.67. The smallest absolute Gasteiger partial charge is 0.0716 e. The van der Waals surface area contributed by atoms with Gasteiger partial charge in [0, 0.05) is 16.3 Å². The number of hydrogen-bond acceptors (Lipinski definition) is 1. The molecule has 0 amide bonds. The van der Waals surface area contributed by atoms with Crippen LogP contribution in [0.1, 0.15) is 26.3 Å². The Bertz CT molecular complexity index is 1020. The number of hydrogen-bond donors (Lipinski definition) is 0. The first kappa shape index (κ1) is 14.9. The predicted octanol–water partition coefficient (Wildman–Crippen LogP) is 6.35. The van der Waals surface area contributed by atoms with Gasteiger partial charge in [0.25, 0.3) is 0 Å². The Morgan fingerprint density at radius 1 is 0.667 bits per heavy atom. The Kier molecular flexibility index (Phi) is 3.38. The van der Waals surface area contributed by atoms with E-state index in [1.807, 2.05) is 0 Å². The molecule has 0 aliphatic rings. The Labute approximate surface area is 143 Å². The summed E-state index contributed by atoms with van der Waals surface area (Å²) in [6.07, 6.45) is 0. The van der Waals surface area contributed by atoms with Crippen molar-refractivity contribution in [2.24, 2.45) is 0 Å². The molecule has 4 aromatic rings. The molecule has 118 valence electrons. The minimum absolute atomic E-state index is 0.119. The molecule has 0 radical (unpaired) electrons. The lowest BCUT2D eigenvalue weighted by molar-refractivity contribution is 0.591. The maximum atomic E-state index is 4.89. The molecular weight excluding hydrogens is 290 g/mol. The zero-order chi connectivity index (χ0) is 16.7. The van der Waals surface area contributed by atoms with Gasteiger partial charge in [-0.05, 0) is 34.7 Å². The molecule has 0 saturated heterocycles. The van der Waals surface area contributed by atoms with Crippen LogP contribution in [-0.4, -0.2) is 4.98 Å². The molecule has 1 heterocycles. The van der Waals surface area contributed by atoms with Crippen molar-refractivity contribution in [1.29, 1.82) is 0 Å². The van der Waals surface area contributed by atoms with Crippen molar-refractivity contribution in [3.63, 3.8) is 0 Å². The minimum Gasteiger partial charge on any atom is -0.248 e. The summed E-state index contributed by atoms with van der Waals surface area (Å²) >= 11 is 0. The Morgan fingerprint density at radius 2 is 1.33 bits per heavy atom. The summed E-state index contributed by atoms with van der Waals surface area (Å²) < 4.78 is 0. The second-order valence-electron chi connectivity index (χ2n) is 7.35. The molecule has 0 bridgehead atoms. The van der Waals surface area contributed by atoms with E-state index in [9.17, 15) is 0 Å². The Balaban J connectivity index is 2.17. The summed E-state index contributed by atoms with van der Waals surface area (Å²) in [5, 5.41) is 2.44. The first-order valence-electron chi connectivity index (χ1n) is 8.42. The molecule has 1 nitrogen and oxygen atoms in total. The van der Waals surface area contributed by atoms with Crippen LogP contribution in [0.25, 0.3) is 32.9 Å². The molecule has 0 aliphatic heterocycles. The maximum absolute atomic E-state index is 4.89. The van der Waals surface area contributed by atoms with Crippen LogP contribution >= 0.6 is 0 Å². The molecule has 0 saturated carbocycles. The average Bonchev–Trinajstić information content (AvgIpc) is 2.59. The largest absolute Gasteiger partial charge is 0.248 e. The van der Waals surface area contributed by atoms with Gasteiger partial charge in [0.05, 0.1) is 11.0 Å². The standard InChI is InChI=1S/C23H21N/c1-23(2,3)17-13-14-21-19(15-17)22(16-9-5-4-6-10-16)18-11-7-8-12-20(18)24-21/h4-15H,1-3H3. The molecule has 1 aromatic heterocycles. The number of benzene rings is 3. The van der Waals surface area contributed by atoms with Gasteiger partial charge in [-0.15, -0.1) is 0 Å². The van der Waals surface area contributed by atoms with Crippen molar-refractivity contribution >= 4 is 21.8 Å². The molecule has 4 rings (SSSR count). The highest BCUT2D eigenvalue weighted by atomic mass is 14.7. The summed E-state index contributed by atoms with van der Waals surface area (Å²) in [5.74, 6) is 0. The van der Waals surface area contributed by atoms with E-state index in [1.54, 1.807) is 0 Å². The van der Waals surface area contributed by atoms with Gasteiger partial charge in [0.15, 0.2) is 0 Å². The lowest BCUT2D eigenvalue weighted by Crippen LogP contribution is -2.10. The summed E-state index contributed by atoms with van der Waals surface area (Å²) in [6, 6.07) is 25.7. The van der Waals surface area contributed by atoms with Crippen molar-refractivity contribution in [3.8, 4) is 11.1 Å². The number of pyridine rings is 1. The van der Waals surface area contributed by atoms with E-state index in [2.05, 4.69) is 93.6 Å². The van der Waals surface area contributed by atoms with Gasteiger partial charge in [0.2, 0.25) is 0 Å². The van der Waals surface area contributed by atoms with Crippen LogP contribution in [0.15, 0.2) is 72.8 Å². The number of fused-ring (bicyclic) bond motifs is 2. The van der Waals surface area contributed by atoms with Crippen LogP contribution < -0.4 is 0 Å². The van der Waals surface area contributed by atoms with E-state index in [0.717, 1.165) is 11.0 Å². The molecule has 1 heteroatoms. The molecular formula is C23H21N. The van der Waals surface area contributed by atoms with Gasteiger partial charge in [-0.2, -0.15) is 0 Å². The van der Waals surface area contributed by atoms with Crippen molar-refractivity contribution in [1.82, 2.24) is 4.98 Å². The monoisotopic (exact) mass is 311 g/mol. The van der Waals surface area contributed by atoms with Gasteiger partial charge in [-0.25, -0.2) is 4.98 Å². The number of aromatic nitrogens is 1. The number of rotatable bonds is 1. The highest BCUT2D eigenvalue weighted by molar-refractivity contribution is 6.09. The summed E-state index contributed by atoms with van der Waals surface area (Å²) in [6.45, 7) is 6.76. The maximum Gasteiger partial charge on any atom is 0.0716 e. The average molecular weight is 311 g/mol. The zero-order valence-corrected chi connectivity index (χ0v) is 14.4. The van der Waals surface area contributed by atoms with Crippen molar-refractivity contribution < 1.29 is 0 Å². The van der Waals surface area contributed by atoms with Crippen molar-refractivity contribution in [3.05, 3.63) is 78.4 Å². The molecule has 0 N–H and O–H groups in total. The van der Waals surface area contributed by atoms with Crippen molar-refractivity contribution in [2.45, 2.75) is 26.2 Å². The minimum atomic E-state index is 0.119. The van der Waals surface area contributed by atoms with Crippen LogP contribution in [-0.2, 0) is 5.41 Å². The van der Waals surface area contributed by atoms with Gasteiger partial charge in [-0.1, -0.05) is 75.4 Å². The van der Waals surface area contributed by atoms with E-state index in [4.69, 9.17) is 4.98 Å². The third-order valence-electron chi connectivity index (χ3n) is 4.61. The van der Waals surface area contributed by atoms with E-state index in [0.29, 0.717) is 0 Å². The molecule has 24 heavy (non-hydrogen) atoms. The van der Waals surface area contributed by atoms with E-state index < -0.39 is 0 Å². The summed E-state index contributed by atoms with van der Waals surface area (Å²) in [5.41, 5.74) is 6.08. The van der Waals surface area contributed by atoms with Crippen LogP contribution in [0, 0.1) is 0 Å². The molecule has 0 unspecified atom stereocenters. The predicted molar refractivity (Wildman–Crippen MR) is 103 cm³/mol. The fourth-order valence-electron chi connectivity index (χ4n) is 3.27. The number of nitrogens with zero attached hydrogens (tertiary/aromatic N) is 1. The van der Waals surface area contributed by atoms with Gasteiger partial charge < -0.3 is 0 Å². The van der Waals surface area contributed by atoms with Crippen molar-refractivity contribution in [2.75, 3.05) is 0 Å². The lowest BCUT2D eigenvalue weighted by atomic mass is 9.85. The highest BCUT2D eigenvalue weighted by Gasteiger charge is 2.17. The molecule has 0 atom stereocenters. The number of para-hydroxylation sites is 1. The first-order valence-corrected chi connectivity index (χ1v) is 8.42. The van der Waals surface area contributed by atoms with Gasteiger partial charge in [0.1, 0.15) is 0 Å². The van der Waals surface area contributed by atoms with E-state index in [1.165, 1.54) is 27.5 Å². The third kappa shape index (κ3) is 2.46. The summed E-state index contributed by atoms with van der Waals surface area (Å²) in [7, 11) is 0. The molecule has 0 fully saturated rings. The lowest BCUT2D eigenvalue weighted by Gasteiger charge is -2.20. The fourth-order valence-corrected chi connectivity index (χ4v) is 3.27.